The van der Waals surface area contributed by atoms with E-state index in [-0.39, 0.29) is 11.8 Å². The van der Waals surface area contributed by atoms with E-state index in [0.717, 1.165) is 26.1 Å². The van der Waals surface area contributed by atoms with Crippen molar-refractivity contribution in [3.05, 3.63) is 51.2 Å². The van der Waals surface area contributed by atoms with Gasteiger partial charge in [0.2, 0.25) is 5.91 Å². The van der Waals surface area contributed by atoms with E-state index in [9.17, 15) is 9.59 Å². The first-order valence-electron chi connectivity index (χ1n) is 9.24. The number of carbonyl (C=O) groups excluding carboxylic acids is 2. The molecule has 7 heteroatoms. The lowest BCUT2D eigenvalue weighted by Crippen LogP contribution is -2.48. The predicted molar refractivity (Wildman–Crippen MR) is 109 cm³/mol. The Morgan fingerprint density at radius 2 is 1.93 bits per heavy atom. The minimum atomic E-state index is -0.0171. The molecule has 0 bridgehead atoms. The van der Waals surface area contributed by atoms with Crippen LogP contribution in [0.4, 0.5) is 5.69 Å². The Hall–Kier alpha value is -1.89. The molecule has 2 amide bonds. The Balaban J connectivity index is 1.46. The molecule has 3 heterocycles. The molecular weight excluding hydrogens is 382 g/mol. The van der Waals surface area contributed by atoms with Crippen LogP contribution in [0.5, 0.6) is 0 Å². The average Bonchev–Trinajstić information content (AvgIpc) is 3.33. The van der Waals surface area contributed by atoms with Gasteiger partial charge in [-0.3, -0.25) is 14.5 Å². The number of rotatable bonds is 4. The maximum Gasteiger partial charge on any atom is 0.256 e. The summed E-state index contributed by atoms with van der Waals surface area (Å²) in [5.74, 6) is 0.0449. The molecule has 1 aromatic heterocycles. The van der Waals surface area contributed by atoms with Gasteiger partial charge in [0.15, 0.2) is 0 Å². The number of thiophene rings is 1. The molecular formula is C20H22ClN3O2S. The topological polar surface area (TPSA) is 43.9 Å². The highest BCUT2D eigenvalue weighted by Gasteiger charge is 2.29. The third-order valence-electron chi connectivity index (χ3n) is 5.20. The van der Waals surface area contributed by atoms with Crippen molar-refractivity contribution in [3.8, 4) is 0 Å². The second-order valence-corrected chi connectivity index (χ2v) is 8.23. The SMILES string of the molecule is O=C(c1ccc(Cl)cc1N1CCCC1=O)N1CCN(Cc2ccsc2)CC1. The van der Waals surface area contributed by atoms with Crippen LogP contribution in [0.1, 0.15) is 28.8 Å². The van der Waals surface area contributed by atoms with E-state index < -0.39 is 0 Å². The molecule has 0 saturated carbocycles. The molecule has 1 aromatic carbocycles. The van der Waals surface area contributed by atoms with Crippen molar-refractivity contribution in [1.82, 2.24) is 9.80 Å². The summed E-state index contributed by atoms with van der Waals surface area (Å²) in [5, 5.41) is 4.81. The highest BCUT2D eigenvalue weighted by atomic mass is 35.5. The van der Waals surface area contributed by atoms with Gasteiger partial charge in [0.25, 0.3) is 5.91 Å². The van der Waals surface area contributed by atoms with Gasteiger partial charge in [-0.2, -0.15) is 11.3 Å². The zero-order valence-corrected chi connectivity index (χ0v) is 16.6. The summed E-state index contributed by atoms with van der Waals surface area (Å²) in [7, 11) is 0. The monoisotopic (exact) mass is 403 g/mol. The number of nitrogens with zero attached hydrogens (tertiary/aromatic N) is 3. The van der Waals surface area contributed by atoms with E-state index in [1.165, 1.54) is 5.56 Å². The lowest BCUT2D eigenvalue weighted by Gasteiger charge is -2.35. The van der Waals surface area contributed by atoms with Crippen molar-refractivity contribution >= 4 is 40.4 Å². The van der Waals surface area contributed by atoms with E-state index in [0.29, 0.717) is 42.3 Å². The molecule has 4 rings (SSSR count). The number of anilines is 1. The van der Waals surface area contributed by atoms with E-state index in [1.54, 1.807) is 34.4 Å². The molecule has 27 heavy (non-hydrogen) atoms. The van der Waals surface area contributed by atoms with Crippen molar-refractivity contribution in [2.24, 2.45) is 0 Å². The van der Waals surface area contributed by atoms with Gasteiger partial charge < -0.3 is 9.80 Å². The van der Waals surface area contributed by atoms with Crippen LogP contribution >= 0.6 is 22.9 Å². The van der Waals surface area contributed by atoms with Gasteiger partial charge in [-0.05, 0) is 47.0 Å². The van der Waals surface area contributed by atoms with Gasteiger partial charge in [-0.15, -0.1) is 0 Å². The smallest absolute Gasteiger partial charge is 0.256 e. The van der Waals surface area contributed by atoms with Gasteiger partial charge in [0.1, 0.15) is 0 Å². The fourth-order valence-electron chi connectivity index (χ4n) is 3.73. The first-order chi connectivity index (χ1) is 13.1. The Bertz CT molecular complexity index is 832. The van der Waals surface area contributed by atoms with Crippen molar-refractivity contribution in [2.75, 3.05) is 37.6 Å². The Morgan fingerprint density at radius 1 is 1.11 bits per heavy atom. The lowest BCUT2D eigenvalue weighted by atomic mass is 10.1. The van der Waals surface area contributed by atoms with Crippen LogP contribution in [0.15, 0.2) is 35.0 Å². The van der Waals surface area contributed by atoms with Crippen molar-refractivity contribution in [1.29, 1.82) is 0 Å². The third-order valence-corrected chi connectivity index (χ3v) is 6.17. The van der Waals surface area contributed by atoms with Crippen LogP contribution in [0.3, 0.4) is 0 Å². The van der Waals surface area contributed by atoms with Crippen LogP contribution < -0.4 is 4.90 Å². The summed E-state index contributed by atoms with van der Waals surface area (Å²) < 4.78 is 0. The molecule has 5 nitrogen and oxygen atoms in total. The maximum absolute atomic E-state index is 13.1. The number of halogens is 1. The van der Waals surface area contributed by atoms with E-state index >= 15 is 0 Å². The molecule has 2 fully saturated rings. The molecule has 2 aliphatic heterocycles. The standard InChI is InChI=1S/C20H22ClN3O2S/c21-16-3-4-17(18(12-16)24-6-1-2-19(24)25)20(26)23-9-7-22(8-10-23)13-15-5-11-27-14-15/h3-5,11-12,14H,1-2,6-10,13H2. The summed E-state index contributed by atoms with van der Waals surface area (Å²) >= 11 is 7.86. The minimum absolute atomic E-state index is 0.0171. The largest absolute Gasteiger partial charge is 0.336 e. The van der Waals surface area contributed by atoms with Crippen LogP contribution in [-0.4, -0.2) is 54.3 Å². The first kappa shape index (κ1) is 18.5. The zero-order valence-electron chi connectivity index (χ0n) is 15.1. The first-order valence-corrected chi connectivity index (χ1v) is 10.6. The van der Waals surface area contributed by atoms with Gasteiger partial charge in [-0.1, -0.05) is 11.6 Å². The summed E-state index contributed by atoms with van der Waals surface area (Å²) in [6.07, 6.45) is 1.35. The Kier molecular flexibility index (Phi) is 5.48. The van der Waals surface area contributed by atoms with Gasteiger partial charge in [0, 0.05) is 50.7 Å². The van der Waals surface area contributed by atoms with E-state index in [1.807, 2.05) is 4.90 Å². The molecule has 0 spiro atoms. The second-order valence-electron chi connectivity index (χ2n) is 7.01. The number of hydrogen-bond acceptors (Lipinski definition) is 4. The van der Waals surface area contributed by atoms with Crippen LogP contribution in [0.2, 0.25) is 5.02 Å². The number of carbonyl (C=O) groups is 2. The van der Waals surface area contributed by atoms with Gasteiger partial charge >= 0.3 is 0 Å². The molecule has 0 N–H and O–H groups in total. The quantitative estimate of drug-likeness (QED) is 0.784. The van der Waals surface area contributed by atoms with Crippen molar-refractivity contribution in [2.45, 2.75) is 19.4 Å². The van der Waals surface area contributed by atoms with Crippen molar-refractivity contribution < 1.29 is 9.59 Å². The molecule has 2 aromatic rings. The average molecular weight is 404 g/mol. The number of benzene rings is 1. The molecule has 0 radical (unpaired) electrons. The fraction of sp³-hybridized carbons (Fsp3) is 0.400. The van der Waals surface area contributed by atoms with E-state index in [4.69, 9.17) is 11.6 Å². The molecule has 2 aliphatic rings. The normalized spacial score (nSPS) is 18.3. The fourth-order valence-corrected chi connectivity index (χ4v) is 4.56. The second kappa shape index (κ2) is 8.00. The third kappa shape index (κ3) is 4.03. The Labute approximate surface area is 168 Å². The number of hydrogen-bond donors (Lipinski definition) is 0. The van der Waals surface area contributed by atoms with Crippen molar-refractivity contribution in [3.63, 3.8) is 0 Å². The predicted octanol–water partition coefficient (Wildman–Crippen LogP) is 3.49. The van der Waals surface area contributed by atoms with E-state index in [2.05, 4.69) is 21.7 Å². The lowest BCUT2D eigenvalue weighted by molar-refractivity contribution is -0.117. The molecule has 0 aliphatic carbocycles. The van der Waals surface area contributed by atoms with Crippen LogP contribution in [-0.2, 0) is 11.3 Å². The minimum Gasteiger partial charge on any atom is -0.336 e. The number of amides is 2. The summed E-state index contributed by atoms with van der Waals surface area (Å²) in [6.45, 7) is 4.67. The molecule has 0 unspecified atom stereocenters. The molecule has 0 atom stereocenters. The number of piperazine rings is 1. The summed E-state index contributed by atoms with van der Waals surface area (Å²) in [4.78, 5) is 31.3. The summed E-state index contributed by atoms with van der Waals surface area (Å²) in [6, 6.07) is 7.37. The van der Waals surface area contributed by atoms with Gasteiger partial charge in [-0.25, -0.2) is 0 Å². The molecule has 2 saturated heterocycles. The Morgan fingerprint density at radius 3 is 2.59 bits per heavy atom. The highest BCUT2D eigenvalue weighted by Crippen LogP contribution is 2.30. The molecule has 142 valence electrons. The van der Waals surface area contributed by atoms with Gasteiger partial charge in [0.05, 0.1) is 11.3 Å². The maximum atomic E-state index is 13.1. The van der Waals surface area contributed by atoms with Crippen LogP contribution in [0.25, 0.3) is 0 Å². The summed E-state index contributed by atoms with van der Waals surface area (Å²) in [5.41, 5.74) is 2.55. The highest BCUT2D eigenvalue weighted by molar-refractivity contribution is 7.07. The zero-order chi connectivity index (χ0) is 18.8. The van der Waals surface area contributed by atoms with Crippen LogP contribution in [0, 0.1) is 0 Å².